The van der Waals surface area contributed by atoms with Crippen molar-refractivity contribution in [2.24, 2.45) is 11.8 Å². The van der Waals surface area contributed by atoms with Crippen LogP contribution in [0.5, 0.6) is 0 Å². The van der Waals surface area contributed by atoms with Gasteiger partial charge in [-0.1, -0.05) is 29.8 Å². The van der Waals surface area contributed by atoms with Gasteiger partial charge in [-0.3, -0.25) is 9.59 Å². The minimum absolute atomic E-state index is 0.161. The van der Waals surface area contributed by atoms with Crippen LogP contribution in [0.3, 0.4) is 0 Å². The number of aryl methyl sites for hydroxylation is 2. The Morgan fingerprint density at radius 3 is 2.25 bits per heavy atom. The minimum atomic E-state index is -0.488. The SMILES string of the molecule is CCOC(=O)c1ccccc1NC(=O)C1CC1C(=O)Nc1ccc(C)cc1C. The Hall–Kier alpha value is -3.15. The molecule has 0 aromatic heterocycles. The first-order valence-electron chi connectivity index (χ1n) is 9.35. The lowest BCUT2D eigenvalue weighted by Crippen LogP contribution is -2.22. The zero-order valence-corrected chi connectivity index (χ0v) is 16.2. The van der Waals surface area contributed by atoms with Gasteiger partial charge in [0.2, 0.25) is 11.8 Å². The second kappa shape index (κ2) is 8.25. The number of esters is 1. The molecule has 2 atom stereocenters. The molecule has 28 heavy (non-hydrogen) atoms. The maximum absolute atomic E-state index is 12.5. The van der Waals surface area contributed by atoms with Crippen LogP contribution in [0.1, 0.15) is 34.8 Å². The van der Waals surface area contributed by atoms with E-state index in [0.717, 1.165) is 16.8 Å². The smallest absolute Gasteiger partial charge is 0.340 e. The van der Waals surface area contributed by atoms with Crippen LogP contribution >= 0.6 is 0 Å². The molecule has 2 unspecified atom stereocenters. The molecule has 0 bridgehead atoms. The van der Waals surface area contributed by atoms with Crippen molar-refractivity contribution in [3.05, 3.63) is 59.2 Å². The Labute approximate surface area is 164 Å². The van der Waals surface area contributed by atoms with Gasteiger partial charge in [0.15, 0.2) is 0 Å². The molecular weight excluding hydrogens is 356 g/mol. The van der Waals surface area contributed by atoms with Gasteiger partial charge in [-0.2, -0.15) is 0 Å². The van der Waals surface area contributed by atoms with Gasteiger partial charge < -0.3 is 15.4 Å². The summed E-state index contributed by atoms with van der Waals surface area (Å²) in [5.74, 6) is -1.68. The van der Waals surface area contributed by atoms with Crippen LogP contribution < -0.4 is 10.6 Å². The summed E-state index contributed by atoms with van der Waals surface area (Å²) in [5.41, 5.74) is 3.56. The topological polar surface area (TPSA) is 84.5 Å². The van der Waals surface area contributed by atoms with Crippen molar-refractivity contribution >= 4 is 29.2 Å². The molecule has 0 spiro atoms. The van der Waals surface area contributed by atoms with E-state index in [1.807, 2.05) is 32.0 Å². The molecule has 3 rings (SSSR count). The molecule has 6 heteroatoms. The largest absolute Gasteiger partial charge is 0.462 e. The lowest BCUT2D eigenvalue weighted by Gasteiger charge is -2.11. The quantitative estimate of drug-likeness (QED) is 0.749. The molecule has 2 aromatic carbocycles. The monoisotopic (exact) mass is 380 g/mol. The maximum atomic E-state index is 12.5. The molecule has 2 aromatic rings. The molecule has 0 aliphatic heterocycles. The number of nitrogens with one attached hydrogen (secondary N) is 2. The average Bonchev–Trinajstić information content (AvgIpc) is 3.46. The number of amides is 2. The number of carbonyl (C=O) groups is 3. The van der Waals surface area contributed by atoms with Crippen LogP contribution in [0.25, 0.3) is 0 Å². The summed E-state index contributed by atoms with van der Waals surface area (Å²) in [6, 6.07) is 12.5. The zero-order chi connectivity index (χ0) is 20.3. The number of anilines is 2. The molecule has 1 fully saturated rings. The summed E-state index contributed by atoms with van der Waals surface area (Å²) < 4.78 is 5.02. The van der Waals surface area contributed by atoms with Crippen LogP contribution in [-0.2, 0) is 14.3 Å². The van der Waals surface area contributed by atoms with E-state index in [4.69, 9.17) is 4.74 Å². The summed E-state index contributed by atoms with van der Waals surface area (Å²) in [6.07, 6.45) is 0.490. The first-order chi connectivity index (χ1) is 13.4. The van der Waals surface area contributed by atoms with Gasteiger partial charge in [0.25, 0.3) is 0 Å². The van der Waals surface area contributed by atoms with Crippen molar-refractivity contribution < 1.29 is 19.1 Å². The molecule has 2 N–H and O–H groups in total. The van der Waals surface area contributed by atoms with Crippen LogP contribution in [-0.4, -0.2) is 24.4 Å². The lowest BCUT2D eigenvalue weighted by molar-refractivity contribution is -0.122. The number of benzene rings is 2. The van der Waals surface area contributed by atoms with E-state index >= 15 is 0 Å². The van der Waals surface area contributed by atoms with Crippen molar-refractivity contribution in [1.82, 2.24) is 0 Å². The third kappa shape index (κ3) is 4.39. The fraction of sp³-hybridized carbons (Fsp3) is 0.318. The Morgan fingerprint density at radius 2 is 1.61 bits per heavy atom. The van der Waals surface area contributed by atoms with Crippen molar-refractivity contribution in [3.8, 4) is 0 Å². The zero-order valence-electron chi connectivity index (χ0n) is 16.2. The summed E-state index contributed by atoms with van der Waals surface area (Å²) in [7, 11) is 0. The van der Waals surface area contributed by atoms with Gasteiger partial charge >= 0.3 is 5.97 Å². The summed E-state index contributed by atoms with van der Waals surface area (Å²) in [6.45, 7) is 5.91. The normalized spacial score (nSPS) is 17.5. The van der Waals surface area contributed by atoms with Gasteiger partial charge in [0, 0.05) is 5.69 Å². The lowest BCUT2D eigenvalue weighted by atomic mass is 10.1. The highest BCUT2D eigenvalue weighted by Crippen LogP contribution is 2.40. The van der Waals surface area contributed by atoms with E-state index in [-0.39, 0.29) is 24.3 Å². The summed E-state index contributed by atoms with van der Waals surface area (Å²) in [5, 5.41) is 5.66. The molecule has 1 aliphatic carbocycles. The van der Waals surface area contributed by atoms with Crippen LogP contribution in [0, 0.1) is 25.7 Å². The molecule has 2 amide bonds. The van der Waals surface area contributed by atoms with E-state index in [2.05, 4.69) is 10.6 Å². The van der Waals surface area contributed by atoms with Gasteiger partial charge in [-0.25, -0.2) is 4.79 Å². The number of para-hydroxylation sites is 1. The molecule has 1 saturated carbocycles. The van der Waals surface area contributed by atoms with Crippen LogP contribution in [0.15, 0.2) is 42.5 Å². The van der Waals surface area contributed by atoms with Crippen LogP contribution in [0.4, 0.5) is 11.4 Å². The Bertz CT molecular complexity index is 923. The molecule has 0 saturated heterocycles. The van der Waals surface area contributed by atoms with Crippen LogP contribution in [0.2, 0.25) is 0 Å². The Morgan fingerprint density at radius 1 is 0.964 bits per heavy atom. The highest BCUT2D eigenvalue weighted by atomic mass is 16.5. The van der Waals surface area contributed by atoms with E-state index in [0.29, 0.717) is 17.7 Å². The fourth-order valence-corrected chi connectivity index (χ4v) is 3.16. The second-order valence-corrected chi connectivity index (χ2v) is 7.01. The van der Waals surface area contributed by atoms with E-state index in [1.165, 1.54) is 0 Å². The van der Waals surface area contributed by atoms with Crippen molar-refractivity contribution in [2.75, 3.05) is 17.2 Å². The molecule has 1 aliphatic rings. The first-order valence-corrected chi connectivity index (χ1v) is 9.35. The Kier molecular flexibility index (Phi) is 5.78. The second-order valence-electron chi connectivity index (χ2n) is 7.01. The van der Waals surface area contributed by atoms with Crippen molar-refractivity contribution in [3.63, 3.8) is 0 Å². The van der Waals surface area contributed by atoms with Crippen molar-refractivity contribution in [2.45, 2.75) is 27.2 Å². The highest BCUT2D eigenvalue weighted by Gasteiger charge is 2.48. The minimum Gasteiger partial charge on any atom is -0.462 e. The standard InChI is InChI=1S/C22H24N2O4/c1-4-28-22(27)15-7-5-6-8-19(15)24-21(26)17-12-16(17)20(25)23-18-10-9-13(2)11-14(18)3/h5-11,16-17H,4,12H2,1-3H3,(H,23,25)(H,24,26). The Balaban J connectivity index is 1.62. The highest BCUT2D eigenvalue weighted by molar-refractivity contribution is 6.06. The number of carbonyl (C=O) groups excluding carboxylic acids is 3. The predicted molar refractivity (Wildman–Crippen MR) is 107 cm³/mol. The van der Waals surface area contributed by atoms with Gasteiger partial charge in [-0.05, 0) is 51.0 Å². The molecular formula is C22H24N2O4. The first kappa shape index (κ1) is 19.6. The summed E-state index contributed by atoms with van der Waals surface area (Å²) >= 11 is 0. The van der Waals surface area contributed by atoms with Gasteiger partial charge in [0.1, 0.15) is 0 Å². The molecule has 0 radical (unpaired) electrons. The van der Waals surface area contributed by atoms with E-state index in [9.17, 15) is 14.4 Å². The fourth-order valence-electron chi connectivity index (χ4n) is 3.16. The third-order valence-corrected chi connectivity index (χ3v) is 4.78. The van der Waals surface area contributed by atoms with E-state index in [1.54, 1.807) is 31.2 Å². The number of hydrogen-bond acceptors (Lipinski definition) is 4. The third-order valence-electron chi connectivity index (χ3n) is 4.78. The average molecular weight is 380 g/mol. The molecule has 0 heterocycles. The predicted octanol–water partition coefficient (Wildman–Crippen LogP) is 3.69. The molecule has 6 nitrogen and oxygen atoms in total. The number of ether oxygens (including phenoxy) is 1. The maximum Gasteiger partial charge on any atom is 0.340 e. The number of hydrogen-bond donors (Lipinski definition) is 2. The number of rotatable bonds is 6. The summed E-state index contributed by atoms with van der Waals surface area (Å²) in [4.78, 5) is 37.0. The van der Waals surface area contributed by atoms with Gasteiger partial charge in [-0.15, -0.1) is 0 Å². The van der Waals surface area contributed by atoms with E-state index < -0.39 is 11.9 Å². The van der Waals surface area contributed by atoms with Crippen molar-refractivity contribution in [1.29, 1.82) is 0 Å². The molecule has 146 valence electrons. The van der Waals surface area contributed by atoms with Gasteiger partial charge in [0.05, 0.1) is 29.7 Å².